The SMILES string of the molecule is CCCCNc1nc(N)nc2cn(Cc3ccc(CNC4CCC(O)CC4)cc3OC)nc12. The second-order valence-electron chi connectivity index (χ2n) is 8.80. The third kappa shape index (κ3) is 5.91. The van der Waals surface area contributed by atoms with E-state index in [0.717, 1.165) is 74.0 Å². The predicted molar refractivity (Wildman–Crippen MR) is 130 cm³/mol. The number of ether oxygens (including phenoxy) is 1. The predicted octanol–water partition coefficient (Wildman–Crippen LogP) is 3.07. The summed E-state index contributed by atoms with van der Waals surface area (Å²) in [6.45, 7) is 4.31. The molecule has 0 aliphatic heterocycles. The van der Waals surface area contributed by atoms with Gasteiger partial charge in [0, 0.05) is 24.7 Å². The molecule has 0 unspecified atom stereocenters. The van der Waals surface area contributed by atoms with Gasteiger partial charge in [0.05, 0.1) is 26.0 Å². The number of nitrogen functional groups attached to an aromatic ring is 1. The van der Waals surface area contributed by atoms with E-state index in [2.05, 4.69) is 45.7 Å². The van der Waals surface area contributed by atoms with Crippen LogP contribution in [0.1, 0.15) is 56.6 Å². The molecule has 178 valence electrons. The molecule has 5 N–H and O–H groups in total. The van der Waals surface area contributed by atoms with E-state index in [4.69, 9.17) is 15.6 Å². The van der Waals surface area contributed by atoms with Gasteiger partial charge in [0.1, 0.15) is 11.3 Å². The molecule has 9 nitrogen and oxygen atoms in total. The van der Waals surface area contributed by atoms with Crippen LogP contribution in [-0.2, 0) is 13.1 Å². The topological polar surface area (TPSA) is 123 Å². The zero-order valence-corrected chi connectivity index (χ0v) is 19.5. The highest BCUT2D eigenvalue weighted by Crippen LogP contribution is 2.25. The summed E-state index contributed by atoms with van der Waals surface area (Å²) in [6, 6.07) is 6.76. The smallest absolute Gasteiger partial charge is 0.222 e. The molecule has 3 aromatic rings. The Kier molecular flexibility index (Phi) is 7.61. The van der Waals surface area contributed by atoms with Gasteiger partial charge in [-0.2, -0.15) is 10.1 Å². The standard InChI is InChI=1S/C24H35N7O2/c1-3-4-11-26-23-22-20(28-24(25)29-23)15-31(30-22)14-17-6-5-16(12-21(17)33-2)13-27-18-7-9-19(32)10-8-18/h5-6,12,15,18-19,27,32H,3-4,7-11,13-14H2,1-2H3,(H3,25,26,28,29). The number of nitrogens with zero attached hydrogens (tertiary/aromatic N) is 4. The lowest BCUT2D eigenvalue weighted by atomic mass is 9.93. The summed E-state index contributed by atoms with van der Waals surface area (Å²) in [4.78, 5) is 8.68. The van der Waals surface area contributed by atoms with Gasteiger partial charge in [-0.05, 0) is 43.7 Å². The second kappa shape index (κ2) is 10.8. The van der Waals surface area contributed by atoms with E-state index in [1.54, 1.807) is 7.11 Å². The zero-order chi connectivity index (χ0) is 23.2. The maximum Gasteiger partial charge on any atom is 0.222 e. The van der Waals surface area contributed by atoms with Crippen LogP contribution in [-0.4, -0.2) is 50.7 Å². The van der Waals surface area contributed by atoms with Crippen LogP contribution in [0, 0.1) is 0 Å². The zero-order valence-electron chi connectivity index (χ0n) is 19.5. The number of aliphatic hydroxyl groups is 1. The highest BCUT2D eigenvalue weighted by molar-refractivity contribution is 5.85. The summed E-state index contributed by atoms with van der Waals surface area (Å²) < 4.78 is 7.54. The molecule has 4 rings (SSSR count). The van der Waals surface area contributed by atoms with Crippen LogP contribution < -0.4 is 21.1 Å². The lowest BCUT2D eigenvalue weighted by molar-refractivity contribution is 0.116. The van der Waals surface area contributed by atoms with Gasteiger partial charge < -0.3 is 26.2 Å². The average molecular weight is 454 g/mol. The van der Waals surface area contributed by atoms with E-state index in [0.29, 0.717) is 18.4 Å². The Morgan fingerprint density at radius 3 is 2.79 bits per heavy atom. The molecule has 0 radical (unpaired) electrons. The van der Waals surface area contributed by atoms with Gasteiger partial charge in [-0.1, -0.05) is 25.5 Å². The minimum atomic E-state index is -0.132. The number of aliphatic hydroxyl groups excluding tert-OH is 1. The number of nitrogens with one attached hydrogen (secondary N) is 2. The van der Waals surface area contributed by atoms with Crippen molar-refractivity contribution in [1.29, 1.82) is 0 Å². The van der Waals surface area contributed by atoms with Gasteiger partial charge in [0.2, 0.25) is 5.95 Å². The molecular formula is C24H35N7O2. The number of unbranched alkanes of at least 4 members (excludes halogenated alkanes) is 1. The molecule has 0 bridgehead atoms. The summed E-state index contributed by atoms with van der Waals surface area (Å²) >= 11 is 0. The first-order valence-electron chi connectivity index (χ1n) is 11.9. The van der Waals surface area contributed by atoms with Crippen molar-refractivity contribution < 1.29 is 9.84 Å². The number of hydrogen-bond donors (Lipinski definition) is 4. The van der Waals surface area contributed by atoms with E-state index in [-0.39, 0.29) is 12.1 Å². The van der Waals surface area contributed by atoms with Crippen molar-refractivity contribution in [1.82, 2.24) is 25.1 Å². The molecule has 2 aromatic heterocycles. The van der Waals surface area contributed by atoms with Crippen LogP contribution in [0.2, 0.25) is 0 Å². The van der Waals surface area contributed by atoms with Crippen molar-refractivity contribution in [3.8, 4) is 5.75 Å². The van der Waals surface area contributed by atoms with Gasteiger partial charge in [0.25, 0.3) is 0 Å². The number of rotatable bonds is 10. The van der Waals surface area contributed by atoms with E-state index in [1.165, 1.54) is 5.56 Å². The molecule has 2 heterocycles. The maximum absolute atomic E-state index is 9.69. The van der Waals surface area contributed by atoms with E-state index < -0.39 is 0 Å². The number of nitrogens with two attached hydrogens (primary N) is 1. The number of aromatic nitrogens is 4. The largest absolute Gasteiger partial charge is 0.496 e. The van der Waals surface area contributed by atoms with Gasteiger partial charge in [0.15, 0.2) is 11.3 Å². The first kappa shape index (κ1) is 23.3. The summed E-state index contributed by atoms with van der Waals surface area (Å²) in [6.07, 6.45) is 7.71. The second-order valence-corrected chi connectivity index (χ2v) is 8.80. The fourth-order valence-corrected chi connectivity index (χ4v) is 4.31. The summed E-state index contributed by atoms with van der Waals surface area (Å²) in [5.41, 5.74) is 9.56. The lowest BCUT2D eigenvalue weighted by Crippen LogP contribution is -2.34. The Bertz CT molecular complexity index is 1060. The van der Waals surface area contributed by atoms with Crippen LogP contribution in [0.4, 0.5) is 11.8 Å². The minimum absolute atomic E-state index is 0.132. The van der Waals surface area contributed by atoms with Crippen LogP contribution in [0.25, 0.3) is 11.0 Å². The molecule has 0 saturated heterocycles. The van der Waals surface area contributed by atoms with Gasteiger partial charge >= 0.3 is 0 Å². The fraction of sp³-hybridized carbons (Fsp3) is 0.542. The van der Waals surface area contributed by atoms with Crippen LogP contribution in [0.3, 0.4) is 0 Å². The quantitative estimate of drug-likeness (QED) is 0.345. The van der Waals surface area contributed by atoms with E-state index >= 15 is 0 Å². The van der Waals surface area contributed by atoms with Gasteiger partial charge in [-0.25, -0.2) is 4.98 Å². The fourth-order valence-electron chi connectivity index (χ4n) is 4.31. The molecule has 33 heavy (non-hydrogen) atoms. The molecule has 1 aliphatic rings. The molecule has 1 fully saturated rings. The summed E-state index contributed by atoms with van der Waals surface area (Å²) in [7, 11) is 1.69. The van der Waals surface area contributed by atoms with Crippen molar-refractivity contribution in [2.45, 2.75) is 70.7 Å². The Labute approximate surface area is 194 Å². The summed E-state index contributed by atoms with van der Waals surface area (Å²) in [5, 5.41) is 21.3. The van der Waals surface area contributed by atoms with Crippen LogP contribution in [0.15, 0.2) is 24.4 Å². The normalized spacial score (nSPS) is 18.5. The van der Waals surface area contributed by atoms with Gasteiger partial charge in [-0.15, -0.1) is 0 Å². The molecule has 1 saturated carbocycles. The van der Waals surface area contributed by atoms with Gasteiger partial charge in [-0.3, -0.25) is 4.68 Å². The highest BCUT2D eigenvalue weighted by Gasteiger charge is 2.19. The number of hydrogen-bond acceptors (Lipinski definition) is 8. The number of anilines is 2. The Morgan fingerprint density at radius 2 is 2.03 bits per heavy atom. The van der Waals surface area contributed by atoms with Crippen molar-refractivity contribution >= 4 is 22.8 Å². The molecule has 0 atom stereocenters. The molecular weight excluding hydrogens is 418 g/mol. The highest BCUT2D eigenvalue weighted by atomic mass is 16.5. The van der Waals surface area contributed by atoms with Crippen LogP contribution >= 0.6 is 0 Å². The molecule has 0 spiro atoms. The van der Waals surface area contributed by atoms with Crippen molar-refractivity contribution in [2.75, 3.05) is 24.7 Å². The monoisotopic (exact) mass is 453 g/mol. The number of benzene rings is 1. The van der Waals surface area contributed by atoms with Crippen molar-refractivity contribution in [3.05, 3.63) is 35.5 Å². The van der Waals surface area contributed by atoms with Crippen LogP contribution in [0.5, 0.6) is 5.75 Å². The maximum atomic E-state index is 9.69. The average Bonchev–Trinajstić information content (AvgIpc) is 3.21. The number of fused-ring (bicyclic) bond motifs is 1. The Balaban J connectivity index is 1.46. The Hall–Kier alpha value is -2.91. The van der Waals surface area contributed by atoms with Crippen molar-refractivity contribution in [3.63, 3.8) is 0 Å². The minimum Gasteiger partial charge on any atom is -0.496 e. The summed E-state index contributed by atoms with van der Waals surface area (Å²) in [5.74, 6) is 1.75. The Morgan fingerprint density at radius 1 is 1.21 bits per heavy atom. The number of methoxy groups -OCH3 is 1. The molecule has 0 amide bonds. The molecule has 1 aromatic carbocycles. The third-order valence-electron chi connectivity index (χ3n) is 6.23. The first-order chi connectivity index (χ1) is 16.1. The molecule has 1 aliphatic carbocycles. The third-order valence-corrected chi connectivity index (χ3v) is 6.23. The van der Waals surface area contributed by atoms with E-state index in [1.807, 2.05) is 10.9 Å². The van der Waals surface area contributed by atoms with Crippen molar-refractivity contribution in [2.24, 2.45) is 0 Å². The van der Waals surface area contributed by atoms with E-state index in [9.17, 15) is 5.11 Å². The molecule has 9 heteroatoms. The lowest BCUT2D eigenvalue weighted by Gasteiger charge is -2.26. The first-order valence-corrected chi connectivity index (χ1v) is 11.9.